The molecule has 0 amide bonds. The highest BCUT2D eigenvalue weighted by Crippen LogP contribution is 2.37. The van der Waals surface area contributed by atoms with Gasteiger partial charge in [-0.15, -0.1) is 0 Å². The summed E-state index contributed by atoms with van der Waals surface area (Å²) in [5.41, 5.74) is 2.30. The number of Topliss-reactive ketones (excluding diaryl/α,β-unsaturated/α-hetero) is 1. The van der Waals surface area contributed by atoms with E-state index < -0.39 is 0 Å². The smallest absolute Gasteiger partial charge is 0.131 e. The van der Waals surface area contributed by atoms with Crippen molar-refractivity contribution in [3.05, 3.63) is 23.8 Å². The van der Waals surface area contributed by atoms with Crippen LogP contribution in [0.5, 0.6) is 5.75 Å². The Morgan fingerprint density at radius 2 is 2.24 bits per heavy atom. The zero-order chi connectivity index (χ0) is 12.6. The van der Waals surface area contributed by atoms with E-state index in [1.165, 1.54) is 0 Å². The fourth-order valence-corrected chi connectivity index (χ4v) is 2.74. The molecular weight excluding hydrogens is 214 g/mol. The van der Waals surface area contributed by atoms with Crippen LogP contribution >= 0.6 is 0 Å². The lowest BCUT2D eigenvalue weighted by molar-refractivity contribution is -0.117. The van der Waals surface area contributed by atoms with Crippen molar-refractivity contribution in [2.24, 2.45) is 0 Å². The Morgan fingerprint density at radius 1 is 1.53 bits per heavy atom. The van der Waals surface area contributed by atoms with Crippen molar-refractivity contribution >= 4 is 11.5 Å². The summed E-state index contributed by atoms with van der Waals surface area (Å²) in [4.78, 5) is 13.6. The van der Waals surface area contributed by atoms with Gasteiger partial charge in [-0.3, -0.25) is 4.79 Å². The monoisotopic (exact) mass is 233 g/mol. The molecule has 0 saturated heterocycles. The Bertz CT molecular complexity index is 440. The van der Waals surface area contributed by atoms with Gasteiger partial charge in [0.1, 0.15) is 11.5 Å². The van der Waals surface area contributed by atoms with Crippen LogP contribution in [0.3, 0.4) is 0 Å². The van der Waals surface area contributed by atoms with Gasteiger partial charge in [-0.2, -0.15) is 0 Å². The summed E-state index contributed by atoms with van der Waals surface area (Å²) in [5.74, 6) is 0.522. The molecule has 3 nitrogen and oxygen atoms in total. The predicted molar refractivity (Wildman–Crippen MR) is 68.5 cm³/mol. The van der Waals surface area contributed by atoms with Gasteiger partial charge in [-0.1, -0.05) is 0 Å². The Hall–Kier alpha value is -1.51. The van der Waals surface area contributed by atoms with Crippen LogP contribution in [0.15, 0.2) is 18.2 Å². The van der Waals surface area contributed by atoms with Crippen molar-refractivity contribution in [2.75, 3.05) is 4.90 Å². The van der Waals surface area contributed by atoms with E-state index >= 15 is 0 Å². The van der Waals surface area contributed by atoms with Gasteiger partial charge in [0.15, 0.2) is 0 Å². The molecule has 1 heterocycles. The van der Waals surface area contributed by atoms with Crippen LogP contribution < -0.4 is 4.90 Å². The van der Waals surface area contributed by atoms with Crippen molar-refractivity contribution in [2.45, 2.75) is 45.7 Å². The van der Waals surface area contributed by atoms with Gasteiger partial charge < -0.3 is 10.0 Å². The summed E-state index contributed by atoms with van der Waals surface area (Å²) in [7, 11) is 0. The first kappa shape index (κ1) is 12.0. The third-order valence-electron chi connectivity index (χ3n) is 3.27. The van der Waals surface area contributed by atoms with Crippen molar-refractivity contribution in [1.29, 1.82) is 0 Å². The molecule has 1 aliphatic rings. The molecule has 1 aliphatic heterocycles. The van der Waals surface area contributed by atoms with Crippen LogP contribution in [0.1, 0.15) is 32.8 Å². The number of rotatable bonds is 3. The number of benzene rings is 1. The molecule has 0 spiro atoms. The van der Waals surface area contributed by atoms with E-state index in [1.54, 1.807) is 13.0 Å². The minimum absolute atomic E-state index is 0.220. The zero-order valence-corrected chi connectivity index (χ0v) is 10.6. The summed E-state index contributed by atoms with van der Waals surface area (Å²) in [6.07, 6.45) is 1.43. The number of aromatic hydroxyl groups is 1. The van der Waals surface area contributed by atoms with E-state index in [2.05, 4.69) is 18.7 Å². The Morgan fingerprint density at radius 3 is 2.82 bits per heavy atom. The molecule has 0 bridgehead atoms. The van der Waals surface area contributed by atoms with Crippen LogP contribution in [0.2, 0.25) is 0 Å². The van der Waals surface area contributed by atoms with Gasteiger partial charge in [0.05, 0.1) is 0 Å². The lowest BCUT2D eigenvalue weighted by atomic mass is 10.1. The van der Waals surface area contributed by atoms with E-state index in [4.69, 9.17) is 0 Å². The molecule has 1 atom stereocenters. The maximum absolute atomic E-state index is 11.3. The number of ketones is 1. The standard InChI is InChI=1S/C14H19NO2/c1-9(2)15-12(6-10(3)16)7-11-8-13(17)4-5-14(11)15/h4-5,8-9,12,17H,6-7H2,1-3H3. The largest absolute Gasteiger partial charge is 0.508 e. The minimum atomic E-state index is 0.220. The Labute approximate surface area is 102 Å². The Kier molecular flexibility index (Phi) is 3.09. The molecule has 17 heavy (non-hydrogen) atoms. The molecule has 1 aromatic carbocycles. The van der Waals surface area contributed by atoms with Crippen LogP contribution in [-0.4, -0.2) is 23.0 Å². The molecule has 2 rings (SSSR count). The third-order valence-corrected chi connectivity index (χ3v) is 3.27. The van der Waals surface area contributed by atoms with Crippen LogP contribution in [-0.2, 0) is 11.2 Å². The van der Waals surface area contributed by atoms with E-state index in [0.717, 1.165) is 17.7 Å². The van der Waals surface area contributed by atoms with Crippen molar-refractivity contribution in [3.8, 4) is 5.75 Å². The number of nitrogens with zero attached hydrogens (tertiary/aromatic N) is 1. The fraction of sp³-hybridized carbons (Fsp3) is 0.500. The molecule has 1 N–H and O–H groups in total. The van der Waals surface area contributed by atoms with Crippen molar-refractivity contribution in [1.82, 2.24) is 0 Å². The minimum Gasteiger partial charge on any atom is -0.508 e. The Balaban J connectivity index is 2.33. The van der Waals surface area contributed by atoms with Crippen molar-refractivity contribution < 1.29 is 9.90 Å². The molecule has 1 aromatic rings. The number of carbonyl (C=O) groups excluding carboxylic acids is 1. The van der Waals surface area contributed by atoms with Gasteiger partial charge in [-0.05, 0) is 51.0 Å². The predicted octanol–water partition coefficient (Wildman–Crippen LogP) is 2.51. The van der Waals surface area contributed by atoms with Crippen molar-refractivity contribution in [3.63, 3.8) is 0 Å². The van der Waals surface area contributed by atoms with Gasteiger partial charge >= 0.3 is 0 Å². The zero-order valence-electron chi connectivity index (χ0n) is 10.6. The second-order valence-corrected chi connectivity index (χ2v) is 5.08. The van der Waals surface area contributed by atoms with E-state index in [-0.39, 0.29) is 11.8 Å². The number of anilines is 1. The maximum Gasteiger partial charge on any atom is 0.131 e. The number of fused-ring (bicyclic) bond motifs is 1. The van der Waals surface area contributed by atoms with Crippen LogP contribution in [0, 0.1) is 0 Å². The highest BCUT2D eigenvalue weighted by Gasteiger charge is 2.31. The summed E-state index contributed by atoms with van der Waals surface area (Å²) in [6, 6.07) is 6.08. The first-order chi connectivity index (χ1) is 7.99. The molecule has 0 fully saturated rings. The highest BCUT2D eigenvalue weighted by molar-refractivity contribution is 5.78. The molecule has 0 radical (unpaired) electrons. The summed E-state index contributed by atoms with van der Waals surface area (Å²) in [6.45, 7) is 5.91. The van der Waals surface area contributed by atoms with Gasteiger partial charge in [-0.25, -0.2) is 0 Å². The van der Waals surface area contributed by atoms with E-state index in [1.807, 2.05) is 12.1 Å². The third kappa shape index (κ3) is 2.28. The van der Waals surface area contributed by atoms with Gasteiger partial charge in [0.25, 0.3) is 0 Å². The molecule has 3 heteroatoms. The van der Waals surface area contributed by atoms with E-state index in [9.17, 15) is 9.90 Å². The average Bonchev–Trinajstić information content (AvgIpc) is 2.53. The number of phenolic OH excluding ortho intramolecular Hbond substituents is 1. The number of hydrogen-bond acceptors (Lipinski definition) is 3. The number of hydrogen-bond donors (Lipinski definition) is 1. The maximum atomic E-state index is 11.3. The highest BCUT2D eigenvalue weighted by atomic mass is 16.3. The van der Waals surface area contributed by atoms with Gasteiger partial charge in [0, 0.05) is 24.2 Å². The second kappa shape index (κ2) is 4.40. The van der Waals surface area contributed by atoms with Gasteiger partial charge in [0.2, 0.25) is 0 Å². The lowest BCUT2D eigenvalue weighted by Gasteiger charge is -2.31. The topological polar surface area (TPSA) is 40.5 Å². The summed E-state index contributed by atoms with van der Waals surface area (Å²) in [5, 5.41) is 9.50. The van der Waals surface area contributed by atoms with Crippen LogP contribution in [0.25, 0.3) is 0 Å². The van der Waals surface area contributed by atoms with E-state index in [0.29, 0.717) is 18.2 Å². The summed E-state index contributed by atoms with van der Waals surface area (Å²) < 4.78 is 0. The molecule has 0 aliphatic carbocycles. The second-order valence-electron chi connectivity index (χ2n) is 5.08. The molecule has 0 saturated carbocycles. The first-order valence-corrected chi connectivity index (χ1v) is 6.08. The number of carbonyl (C=O) groups is 1. The molecule has 0 aromatic heterocycles. The molecule has 1 unspecified atom stereocenters. The van der Waals surface area contributed by atoms with Crippen LogP contribution in [0.4, 0.5) is 5.69 Å². The molecular formula is C14H19NO2. The quantitative estimate of drug-likeness (QED) is 0.872. The fourth-order valence-electron chi connectivity index (χ4n) is 2.74. The lowest BCUT2D eigenvalue weighted by Crippen LogP contribution is -2.38. The first-order valence-electron chi connectivity index (χ1n) is 6.08. The number of phenols is 1. The summed E-state index contributed by atoms with van der Waals surface area (Å²) >= 11 is 0. The molecule has 92 valence electrons. The normalized spacial score (nSPS) is 18.6. The SMILES string of the molecule is CC(=O)CC1Cc2cc(O)ccc2N1C(C)C. The average molecular weight is 233 g/mol.